The fourth-order valence-electron chi connectivity index (χ4n) is 2.15. The van der Waals surface area contributed by atoms with Crippen LogP contribution in [0.3, 0.4) is 0 Å². The highest BCUT2D eigenvalue weighted by Gasteiger charge is 2.19. The largest absolute Gasteiger partial charge is 0.389 e. The first-order valence-electron chi connectivity index (χ1n) is 6.29. The molecule has 0 aliphatic carbocycles. The quantitative estimate of drug-likeness (QED) is 0.850. The van der Waals surface area contributed by atoms with Gasteiger partial charge in [0.05, 0.1) is 4.90 Å². The molecule has 0 aromatic heterocycles. The van der Waals surface area contributed by atoms with Crippen molar-refractivity contribution in [1.29, 1.82) is 0 Å². The zero-order chi connectivity index (χ0) is 15.6. The van der Waals surface area contributed by atoms with E-state index in [9.17, 15) is 8.42 Å². The molecule has 0 radical (unpaired) electrons. The van der Waals surface area contributed by atoms with Crippen molar-refractivity contribution in [3.63, 3.8) is 0 Å². The minimum Gasteiger partial charge on any atom is -0.389 e. The molecule has 21 heavy (non-hydrogen) atoms. The molecule has 110 valence electrons. The summed E-state index contributed by atoms with van der Waals surface area (Å²) < 4.78 is 27.6. The Morgan fingerprint density at radius 1 is 1.10 bits per heavy atom. The van der Waals surface area contributed by atoms with E-state index >= 15 is 0 Å². The van der Waals surface area contributed by atoms with Gasteiger partial charge in [-0.3, -0.25) is 4.72 Å². The number of thiocarbonyl (C=S) groups is 1. The number of hydrogen-bond donors (Lipinski definition) is 2. The second-order valence-corrected chi connectivity index (χ2v) is 6.93. The second-order valence-electron chi connectivity index (χ2n) is 4.84. The van der Waals surface area contributed by atoms with Gasteiger partial charge in [-0.25, -0.2) is 8.42 Å². The summed E-state index contributed by atoms with van der Waals surface area (Å²) in [6.45, 7) is 3.82. The van der Waals surface area contributed by atoms with Crippen molar-refractivity contribution < 1.29 is 8.42 Å². The predicted molar refractivity (Wildman–Crippen MR) is 89.1 cm³/mol. The fourth-order valence-corrected chi connectivity index (χ4v) is 3.65. The van der Waals surface area contributed by atoms with Crippen LogP contribution in [-0.4, -0.2) is 13.4 Å². The van der Waals surface area contributed by atoms with Crippen LogP contribution in [-0.2, 0) is 10.0 Å². The van der Waals surface area contributed by atoms with Gasteiger partial charge < -0.3 is 5.73 Å². The molecule has 3 N–H and O–H groups in total. The first kappa shape index (κ1) is 15.5. The van der Waals surface area contributed by atoms with Gasteiger partial charge in [-0.1, -0.05) is 36.5 Å². The van der Waals surface area contributed by atoms with Crippen LogP contribution >= 0.6 is 12.2 Å². The van der Waals surface area contributed by atoms with Crippen molar-refractivity contribution >= 4 is 32.9 Å². The molecule has 0 bridgehead atoms. The normalized spacial score (nSPS) is 11.1. The van der Waals surface area contributed by atoms with E-state index in [1.54, 1.807) is 30.3 Å². The van der Waals surface area contributed by atoms with E-state index in [4.69, 9.17) is 18.0 Å². The van der Waals surface area contributed by atoms with Crippen molar-refractivity contribution in [2.45, 2.75) is 18.7 Å². The topological polar surface area (TPSA) is 72.2 Å². The highest BCUT2D eigenvalue weighted by molar-refractivity contribution is 7.93. The molecule has 0 unspecified atom stereocenters. The average molecular weight is 320 g/mol. The summed E-state index contributed by atoms with van der Waals surface area (Å²) in [7, 11) is -3.74. The third-order valence-corrected chi connectivity index (χ3v) is 4.58. The summed E-state index contributed by atoms with van der Waals surface area (Å²) in [5.41, 5.74) is 8.41. The van der Waals surface area contributed by atoms with E-state index in [0.29, 0.717) is 11.3 Å². The summed E-state index contributed by atoms with van der Waals surface area (Å²) in [6.07, 6.45) is 0. The maximum Gasteiger partial charge on any atom is 0.262 e. The van der Waals surface area contributed by atoms with Gasteiger partial charge >= 0.3 is 0 Å². The molecule has 0 amide bonds. The number of hydrogen-bond acceptors (Lipinski definition) is 3. The molecule has 0 fully saturated rings. The number of anilines is 1. The van der Waals surface area contributed by atoms with Crippen molar-refractivity contribution in [2.24, 2.45) is 5.73 Å². The standard InChI is InChI=1S/C15H16N2O2S2/c1-10-7-11(2)9-12(8-10)17-21(18,19)14-6-4-3-5-13(14)15(16)20/h3-9,17H,1-2H3,(H2,16,20). The minimum atomic E-state index is -3.74. The molecule has 0 saturated carbocycles. The molecule has 2 rings (SSSR count). The molecule has 0 atom stereocenters. The van der Waals surface area contributed by atoms with Gasteiger partial charge in [0.1, 0.15) is 4.99 Å². The molecule has 0 heterocycles. The number of rotatable bonds is 4. The Labute approximate surface area is 130 Å². The molecule has 2 aromatic rings. The number of nitrogens with two attached hydrogens (primary N) is 1. The highest BCUT2D eigenvalue weighted by atomic mass is 32.2. The highest BCUT2D eigenvalue weighted by Crippen LogP contribution is 2.21. The van der Waals surface area contributed by atoms with Crippen LogP contribution < -0.4 is 10.5 Å². The summed E-state index contributed by atoms with van der Waals surface area (Å²) in [5.74, 6) is 0. The molecule has 0 saturated heterocycles. The van der Waals surface area contributed by atoms with Crippen LogP contribution in [0.5, 0.6) is 0 Å². The van der Waals surface area contributed by atoms with E-state index in [1.165, 1.54) is 6.07 Å². The molecule has 2 aromatic carbocycles. The van der Waals surface area contributed by atoms with Gasteiger partial charge in [0, 0.05) is 11.3 Å². The lowest BCUT2D eigenvalue weighted by Gasteiger charge is -2.12. The molecule has 0 aliphatic heterocycles. The first-order valence-corrected chi connectivity index (χ1v) is 8.19. The predicted octanol–water partition coefficient (Wildman–Crippen LogP) is 2.74. The molecule has 0 spiro atoms. The Kier molecular flexibility index (Phi) is 4.29. The fraction of sp³-hybridized carbons (Fsp3) is 0.133. The van der Waals surface area contributed by atoms with Crippen molar-refractivity contribution in [2.75, 3.05) is 4.72 Å². The van der Waals surface area contributed by atoms with Crippen molar-refractivity contribution in [3.05, 3.63) is 59.2 Å². The second kappa shape index (κ2) is 5.83. The first-order chi connectivity index (χ1) is 9.79. The number of benzene rings is 2. The monoisotopic (exact) mass is 320 g/mol. The Hall–Kier alpha value is -1.92. The summed E-state index contributed by atoms with van der Waals surface area (Å²) >= 11 is 4.91. The zero-order valence-corrected chi connectivity index (χ0v) is 13.4. The van der Waals surface area contributed by atoms with Crippen LogP contribution in [0.2, 0.25) is 0 Å². The van der Waals surface area contributed by atoms with Gasteiger partial charge in [0.25, 0.3) is 10.0 Å². The van der Waals surface area contributed by atoms with Gasteiger partial charge in [-0.15, -0.1) is 0 Å². The van der Waals surface area contributed by atoms with E-state index in [1.807, 2.05) is 19.9 Å². The lowest BCUT2D eigenvalue weighted by Crippen LogP contribution is -2.19. The Morgan fingerprint density at radius 3 is 2.24 bits per heavy atom. The Bertz CT molecular complexity index is 779. The van der Waals surface area contributed by atoms with E-state index in [-0.39, 0.29) is 9.88 Å². The lowest BCUT2D eigenvalue weighted by atomic mass is 10.1. The summed E-state index contributed by atoms with van der Waals surface area (Å²) in [6, 6.07) is 11.9. The van der Waals surface area contributed by atoms with Crippen LogP contribution in [0.25, 0.3) is 0 Å². The maximum absolute atomic E-state index is 12.5. The molecular weight excluding hydrogens is 304 g/mol. The third kappa shape index (κ3) is 3.59. The molecule has 6 heteroatoms. The minimum absolute atomic E-state index is 0.0522. The van der Waals surface area contributed by atoms with Crippen LogP contribution in [0.4, 0.5) is 5.69 Å². The van der Waals surface area contributed by atoms with Gasteiger partial charge in [-0.2, -0.15) is 0 Å². The third-order valence-electron chi connectivity index (χ3n) is 2.92. The van der Waals surface area contributed by atoms with E-state index in [2.05, 4.69) is 4.72 Å². The SMILES string of the molecule is Cc1cc(C)cc(NS(=O)(=O)c2ccccc2C(N)=S)c1. The van der Waals surface area contributed by atoms with E-state index < -0.39 is 10.0 Å². The van der Waals surface area contributed by atoms with E-state index in [0.717, 1.165) is 11.1 Å². The van der Waals surface area contributed by atoms with Gasteiger partial charge in [0.15, 0.2) is 0 Å². The summed E-state index contributed by atoms with van der Waals surface area (Å²) in [4.78, 5) is 0.132. The van der Waals surface area contributed by atoms with Gasteiger partial charge in [0.2, 0.25) is 0 Å². The van der Waals surface area contributed by atoms with Crippen LogP contribution in [0.15, 0.2) is 47.4 Å². The van der Waals surface area contributed by atoms with Crippen LogP contribution in [0.1, 0.15) is 16.7 Å². The number of nitrogens with one attached hydrogen (secondary N) is 1. The Morgan fingerprint density at radius 2 is 1.67 bits per heavy atom. The van der Waals surface area contributed by atoms with Crippen molar-refractivity contribution in [3.8, 4) is 0 Å². The Balaban J connectivity index is 2.46. The zero-order valence-electron chi connectivity index (χ0n) is 11.8. The summed E-state index contributed by atoms with van der Waals surface area (Å²) in [5, 5.41) is 0. The van der Waals surface area contributed by atoms with Crippen molar-refractivity contribution in [1.82, 2.24) is 0 Å². The molecular formula is C15H16N2O2S2. The molecule has 0 aliphatic rings. The molecule has 4 nitrogen and oxygen atoms in total. The van der Waals surface area contributed by atoms with Crippen LogP contribution in [0, 0.1) is 13.8 Å². The number of sulfonamides is 1. The van der Waals surface area contributed by atoms with Gasteiger partial charge in [-0.05, 0) is 43.2 Å². The lowest BCUT2D eigenvalue weighted by molar-refractivity contribution is 0.601. The smallest absolute Gasteiger partial charge is 0.262 e. The number of aryl methyl sites for hydroxylation is 2. The average Bonchev–Trinajstić information content (AvgIpc) is 2.36. The maximum atomic E-state index is 12.5.